The van der Waals surface area contributed by atoms with Gasteiger partial charge in [0.25, 0.3) is 0 Å². The summed E-state index contributed by atoms with van der Waals surface area (Å²) in [5.41, 5.74) is 18.3. The Bertz CT molecular complexity index is 5250. The summed E-state index contributed by atoms with van der Waals surface area (Å²) in [6.45, 7) is 0. The average Bonchev–Trinajstić information content (AvgIpc) is 4.42. The summed E-state index contributed by atoms with van der Waals surface area (Å²) in [6.07, 6.45) is 0. The fourth-order valence-corrected chi connectivity index (χ4v) is 15.6. The first kappa shape index (κ1) is 44.4. The summed E-state index contributed by atoms with van der Waals surface area (Å²) in [5.74, 6) is 0. The molecule has 2 nitrogen and oxygen atoms in total. The van der Waals surface area contributed by atoms with E-state index in [1.165, 1.54) is 129 Å². The van der Waals surface area contributed by atoms with Gasteiger partial charge >= 0.3 is 352 Å². The molecule has 0 saturated carbocycles. The molecule has 3 heteroatoms. The standard InChI is InChI=1S/C76H44O2Se/c1-3-16-45(17-4-1)47-30-35-67-62(40-47)64-42-49(32-37-69(64)77-67)72-52-20-7-9-22-54(52)74(55-23-10-8-21-53(55)72)51-34-39-71-66(44-51)60-28-15-29-61(76(60)79-71)75-58-26-13-11-24-56(58)73(57-25-12-14-27-59(57)75)50-33-38-70-65(43-50)63-41-48(31-36-68(63)78-70)46-18-5-2-6-19-46/h1-44H. The van der Waals surface area contributed by atoms with E-state index in [4.69, 9.17) is 8.83 Å². The minimum atomic E-state index is 0.0817. The van der Waals surface area contributed by atoms with Gasteiger partial charge in [-0.25, -0.2) is 0 Å². The van der Waals surface area contributed by atoms with Gasteiger partial charge in [0.1, 0.15) is 5.58 Å². The molecule has 17 rings (SSSR count). The number of hydrogen-bond acceptors (Lipinski definition) is 2. The zero-order chi connectivity index (χ0) is 51.7. The quantitative estimate of drug-likeness (QED) is 0.123. The van der Waals surface area contributed by atoms with Crippen LogP contribution in [0.4, 0.5) is 0 Å². The van der Waals surface area contributed by atoms with Crippen LogP contribution in [-0.4, -0.2) is 14.5 Å². The molecule has 79 heavy (non-hydrogen) atoms. The molecule has 0 spiro atoms. The minimum absolute atomic E-state index is 0.0817. The first-order chi connectivity index (χ1) is 39.2. The Morgan fingerprint density at radius 1 is 0.203 bits per heavy atom. The molecule has 0 amide bonds. The second-order valence-corrected chi connectivity index (χ2v) is 23.2. The molecule has 0 saturated heterocycles. The topological polar surface area (TPSA) is 26.3 Å². The van der Waals surface area contributed by atoms with Crippen LogP contribution in [0.2, 0.25) is 0 Å². The van der Waals surface area contributed by atoms with E-state index in [9.17, 15) is 0 Å². The second-order valence-electron chi connectivity index (χ2n) is 21.0. The fourth-order valence-electron chi connectivity index (χ4n) is 13.1. The third-order valence-corrected chi connectivity index (χ3v) is 19.2. The number of fused-ring (bicyclic) bond motifs is 13. The van der Waals surface area contributed by atoms with Gasteiger partial charge in [-0.15, -0.1) is 0 Å². The Hall–Kier alpha value is -9.76. The number of rotatable bonds is 6. The zero-order valence-electron chi connectivity index (χ0n) is 42.6. The van der Waals surface area contributed by atoms with E-state index in [2.05, 4.69) is 267 Å². The van der Waals surface area contributed by atoms with E-state index in [0.717, 1.165) is 43.9 Å². The fraction of sp³-hybridized carbons (Fsp3) is 0. The molecule has 0 N–H and O–H groups in total. The van der Waals surface area contributed by atoms with E-state index in [0.29, 0.717) is 0 Å². The molecule has 0 atom stereocenters. The first-order valence-corrected chi connectivity index (χ1v) is 28.8. The van der Waals surface area contributed by atoms with Crippen LogP contribution in [0.25, 0.3) is 173 Å². The van der Waals surface area contributed by atoms with Gasteiger partial charge in [0.15, 0.2) is 0 Å². The summed E-state index contributed by atoms with van der Waals surface area (Å²) < 4.78 is 15.8. The van der Waals surface area contributed by atoms with Gasteiger partial charge < -0.3 is 4.42 Å². The molecule has 17 aromatic rings. The number of hydrogen-bond donors (Lipinski definition) is 0. The SMILES string of the molecule is c1ccc(-c2ccc3oc4ccc(-c5c6ccccc6c(-c6ccc7[se]c8c(-c9c%10ccccc%10c(-c%10ccc%11oc%12ccc(-c%13ccccc%13)cc%12c%11c%10)c%10ccccc9%10)cccc8c7c6)c6ccccc56)cc4c3c2)cc1. The molecule has 0 fully saturated rings. The third kappa shape index (κ3) is 6.84. The molecule has 0 aliphatic carbocycles. The van der Waals surface area contributed by atoms with Crippen LogP contribution in [0.1, 0.15) is 0 Å². The van der Waals surface area contributed by atoms with Gasteiger partial charge in [-0.2, -0.15) is 0 Å². The smallest absolute Gasteiger partial charge is 0.0617 e. The summed E-state index contributed by atoms with van der Waals surface area (Å²) in [7, 11) is 0. The van der Waals surface area contributed by atoms with E-state index in [1.54, 1.807) is 0 Å². The molecule has 0 aliphatic rings. The van der Waals surface area contributed by atoms with Crippen molar-refractivity contribution >= 4 is 121 Å². The zero-order valence-corrected chi connectivity index (χ0v) is 44.3. The molecule has 3 heterocycles. The molecule has 0 bridgehead atoms. The minimum Gasteiger partial charge on any atom is -0.0617 e. The molecule has 0 radical (unpaired) electrons. The molecular formula is C76H44O2Se. The van der Waals surface area contributed by atoms with Crippen LogP contribution in [0, 0.1) is 0 Å². The van der Waals surface area contributed by atoms with Crippen molar-refractivity contribution in [2.75, 3.05) is 0 Å². The van der Waals surface area contributed by atoms with Crippen molar-refractivity contribution in [2.24, 2.45) is 0 Å². The van der Waals surface area contributed by atoms with E-state index < -0.39 is 0 Å². The molecular weight excluding hydrogens is 1020 g/mol. The Kier molecular flexibility index (Phi) is 9.76. The van der Waals surface area contributed by atoms with Crippen molar-refractivity contribution in [3.8, 4) is 66.8 Å². The Morgan fingerprint density at radius 3 is 0.924 bits per heavy atom. The molecule has 0 unspecified atom stereocenters. The predicted molar refractivity (Wildman–Crippen MR) is 336 cm³/mol. The Morgan fingerprint density at radius 2 is 0.519 bits per heavy atom. The van der Waals surface area contributed by atoms with Gasteiger partial charge in [0.2, 0.25) is 0 Å². The van der Waals surface area contributed by atoms with Crippen LogP contribution in [0.15, 0.2) is 276 Å². The van der Waals surface area contributed by atoms with E-state index >= 15 is 0 Å². The van der Waals surface area contributed by atoms with Gasteiger partial charge in [-0.3, -0.25) is 0 Å². The molecule has 366 valence electrons. The maximum absolute atomic E-state index is 6.48. The van der Waals surface area contributed by atoms with Crippen molar-refractivity contribution in [1.82, 2.24) is 0 Å². The maximum atomic E-state index is 6.48. The summed E-state index contributed by atoms with van der Waals surface area (Å²) in [6, 6.07) is 98.3. The predicted octanol–water partition coefficient (Wildman–Crippen LogP) is 21.5. The van der Waals surface area contributed by atoms with Gasteiger partial charge in [0.05, 0.1) is 0 Å². The van der Waals surface area contributed by atoms with Gasteiger partial charge in [-0.1, -0.05) is 72.8 Å². The van der Waals surface area contributed by atoms with Crippen LogP contribution < -0.4 is 0 Å². The first-order valence-electron chi connectivity index (χ1n) is 27.0. The van der Waals surface area contributed by atoms with Crippen molar-refractivity contribution in [3.05, 3.63) is 267 Å². The van der Waals surface area contributed by atoms with Crippen LogP contribution >= 0.6 is 0 Å². The molecule has 0 aliphatic heterocycles. The van der Waals surface area contributed by atoms with Crippen molar-refractivity contribution in [3.63, 3.8) is 0 Å². The van der Waals surface area contributed by atoms with E-state index in [1.807, 2.05) is 0 Å². The Labute approximate surface area is 460 Å². The van der Waals surface area contributed by atoms with Gasteiger partial charge in [0, 0.05) is 0 Å². The van der Waals surface area contributed by atoms with Crippen LogP contribution in [0.3, 0.4) is 0 Å². The number of furan rings is 2. The van der Waals surface area contributed by atoms with Gasteiger partial charge in [-0.05, 0) is 28.8 Å². The Balaban J connectivity index is 0.823. The molecule has 3 aromatic heterocycles. The summed E-state index contributed by atoms with van der Waals surface area (Å²) in [4.78, 5) is 0. The average molecular weight is 1070 g/mol. The summed E-state index contributed by atoms with van der Waals surface area (Å²) >= 11 is 0.0817. The van der Waals surface area contributed by atoms with Crippen molar-refractivity contribution < 1.29 is 8.83 Å². The van der Waals surface area contributed by atoms with Crippen LogP contribution in [0.5, 0.6) is 0 Å². The van der Waals surface area contributed by atoms with Crippen molar-refractivity contribution in [2.45, 2.75) is 0 Å². The van der Waals surface area contributed by atoms with Crippen molar-refractivity contribution in [1.29, 1.82) is 0 Å². The normalized spacial score (nSPS) is 12.1. The molecule has 14 aromatic carbocycles. The monoisotopic (exact) mass is 1070 g/mol. The van der Waals surface area contributed by atoms with E-state index in [-0.39, 0.29) is 14.5 Å². The second kappa shape index (κ2) is 17.4. The number of benzene rings is 14. The third-order valence-electron chi connectivity index (χ3n) is 16.6. The van der Waals surface area contributed by atoms with Crippen LogP contribution in [-0.2, 0) is 0 Å². The summed E-state index contributed by atoms with van der Waals surface area (Å²) in [5, 5.41) is 17.1.